The molecule has 0 aromatic heterocycles. The highest BCUT2D eigenvalue weighted by atomic mass is 19.1. The lowest BCUT2D eigenvalue weighted by Gasteiger charge is -2.17. The van der Waals surface area contributed by atoms with Gasteiger partial charge in [0.15, 0.2) is 6.10 Å². The highest BCUT2D eigenvalue weighted by Crippen LogP contribution is 2.52. The van der Waals surface area contributed by atoms with Gasteiger partial charge in [0.05, 0.1) is 13.8 Å². The van der Waals surface area contributed by atoms with Crippen LogP contribution in [0.15, 0.2) is 0 Å². The number of rotatable bonds is 4. The molecule has 1 saturated carbocycles. The van der Waals surface area contributed by atoms with E-state index in [-0.39, 0.29) is 6.42 Å². The van der Waals surface area contributed by atoms with Gasteiger partial charge < -0.3 is 9.84 Å². The van der Waals surface area contributed by atoms with Crippen molar-refractivity contribution >= 4 is 5.97 Å². The third-order valence-corrected chi connectivity index (χ3v) is 2.49. The van der Waals surface area contributed by atoms with Crippen LogP contribution in [0, 0.1) is 5.41 Å². The van der Waals surface area contributed by atoms with Gasteiger partial charge in [0.1, 0.15) is 0 Å². The Morgan fingerprint density at radius 2 is 2.33 bits per heavy atom. The summed E-state index contributed by atoms with van der Waals surface area (Å²) in [5.41, 5.74) is -0.512. The number of aliphatic hydroxyl groups excluding tert-OH is 1. The zero-order chi connectivity index (χ0) is 9.19. The summed E-state index contributed by atoms with van der Waals surface area (Å²) in [5.74, 6) is -0.652. The molecule has 0 spiro atoms. The summed E-state index contributed by atoms with van der Waals surface area (Å²) < 4.78 is 16.4. The number of carbonyl (C=O) groups excluding carboxylic acids is 1. The van der Waals surface area contributed by atoms with E-state index in [1.165, 1.54) is 7.11 Å². The van der Waals surface area contributed by atoms with Crippen LogP contribution in [0.3, 0.4) is 0 Å². The summed E-state index contributed by atoms with van der Waals surface area (Å²) in [6.45, 7) is -0.492. The SMILES string of the molecule is COC(=O)C(O)C1(CCF)CC1. The predicted octanol–water partition coefficient (Wildman–Crippen LogP) is 0.660. The molecule has 0 amide bonds. The summed E-state index contributed by atoms with van der Waals surface area (Å²) in [4.78, 5) is 10.9. The molecule has 0 aliphatic heterocycles. The van der Waals surface area contributed by atoms with Crippen LogP contribution in [0.5, 0.6) is 0 Å². The number of carbonyl (C=O) groups is 1. The number of esters is 1. The Labute approximate surface area is 70.5 Å². The highest BCUT2D eigenvalue weighted by Gasteiger charge is 2.51. The Morgan fingerprint density at radius 1 is 1.75 bits per heavy atom. The number of aliphatic hydroxyl groups is 1. The van der Waals surface area contributed by atoms with Gasteiger partial charge in [-0.1, -0.05) is 0 Å². The molecule has 0 radical (unpaired) electrons. The van der Waals surface area contributed by atoms with Crippen LogP contribution in [-0.4, -0.2) is 31.0 Å². The number of methoxy groups -OCH3 is 1. The van der Waals surface area contributed by atoms with E-state index in [0.29, 0.717) is 12.8 Å². The molecule has 0 aromatic carbocycles. The van der Waals surface area contributed by atoms with Crippen molar-refractivity contribution < 1.29 is 19.0 Å². The fraction of sp³-hybridized carbons (Fsp3) is 0.875. The molecule has 1 aliphatic rings. The maximum absolute atomic E-state index is 12.0. The van der Waals surface area contributed by atoms with Crippen molar-refractivity contribution in [3.63, 3.8) is 0 Å². The molecular weight excluding hydrogens is 163 g/mol. The van der Waals surface area contributed by atoms with Gasteiger partial charge in [-0.15, -0.1) is 0 Å². The Hall–Kier alpha value is -0.640. The molecule has 0 heterocycles. The first-order chi connectivity index (χ1) is 5.66. The van der Waals surface area contributed by atoms with Crippen LogP contribution in [0.2, 0.25) is 0 Å². The van der Waals surface area contributed by atoms with Gasteiger partial charge in [-0.3, -0.25) is 4.39 Å². The minimum atomic E-state index is -1.14. The van der Waals surface area contributed by atoms with Crippen LogP contribution < -0.4 is 0 Å². The molecule has 1 fully saturated rings. The van der Waals surface area contributed by atoms with Crippen LogP contribution in [0.4, 0.5) is 4.39 Å². The average molecular weight is 176 g/mol. The third kappa shape index (κ3) is 1.58. The maximum atomic E-state index is 12.0. The predicted molar refractivity (Wildman–Crippen MR) is 40.3 cm³/mol. The van der Waals surface area contributed by atoms with Crippen molar-refractivity contribution in [1.82, 2.24) is 0 Å². The average Bonchev–Trinajstić information content (AvgIpc) is 2.84. The van der Waals surface area contributed by atoms with Crippen LogP contribution in [0.25, 0.3) is 0 Å². The Morgan fingerprint density at radius 3 is 2.67 bits per heavy atom. The molecule has 4 heteroatoms. The largest absolute Gasteiger partial charge is 0.467 e. The number of hydrogen-bond acceptors (Lipinski definition) is 3. The van der Waals surface area contributed by atoms with Crippen molar-refractivity contribution in [1.29, 1.82) is 0 Å². The van der Waals surface area contributed by atoms with Crippen LogP contribution in [0.1, 0.15) is 19.3 Å². The fourth-order valence-corrected chi connectivity index (χ4v) is 1.37. The van der Waals surface area contributed by atoms with Gasteiger partial charge in [-0.25, -0.2) is 4.79 Å². The summed E-state index contributed by atoms with van der Waals surface area (Å²) in [6, 6.07) is 0. The second-order valence-corrected chi connectivity index (χ2v) is 3.23. The molecule has 0 aromatic rings. The van der Waals surface area contributed by atoms with Gasteiger partial charge in [0, 0.05) is 5.41 Å². The van der Waals surface area contributed by atoms with Crippen molar-refractivity contribution in [3.05, 3.63) is 0 Å². The van der Waals surface area contributed by atoms with Crippen molar-refractivity contribution in [2.24, 2.45) is 5.41 Å². The number of ether oxygens (including phenoxy) is 1. The first-order valence-corrected chi connectivity index (χ1v) is 3.98. The molecule has 1 unspecified atom stereocenters. The van der Waals surface area contributed by atoms with E-state index in [4.69, 9.17) is 0 Å². The zero-order valence-electron chi connectivity index (χ0n) is 7.05. The van der Waals surface area contributed by atoms with E-state index in [1.807, 2.05) is 0 Å². The number of alkyl halides is 1. The minimum Gasteiger partial charge on any atom is -0.467 e. The fourth-order valence-electron chi connectivity index (χ4n) is 1.37. The summed E-state index contributed by atoms with van der Waals surface area (Å²) in [6.07, 6.45) is 0.544. The second kappa shape index (κ2) is 3.39. The molecule has 70 valence electrons. The molecule has 1 rings (SSSR count). The quantitative estimate of drug-likeness (QED) is 0.640. The second-order valence-electron chi connectivity index (χ2n) is 3.23. The summed E-state index contributed by atoms with van der Waals surface area (Å²) in [5, 5.41) is 9.40. The van der Waals surface area contributed by atoms with Crippen molar-refractivity contribution in [2.45, 2.75) is 25.4 Å². The third-order valence-electron chi connectivity index (χ3n) is 2.49. The van der Waals surface area contributed by atoms with Crippen LogP contribution >= 0.6 is 0 Å². The summed E-state index contributed by atoms with van der Waals surface area (Å²) >= 11 is 0. The highest BCUT2D eigenvalue weighted by molar-refractivity contribution is 5.75. The van der Waals surface area contributed by atoms with E-state index in [2.05, 4.69) is 4.74 Å². The number of hydrogen-bond donors (Lipinski definition) is 1. The Kier molecular flexibility index (Phi) is 2.67. The van der Waals surface area contributed by atoms with Gasteiger partial charge in [-0.05, 0) is 19.3 Å². The van der Waals surface area contributed by atoms with E-state index in [9.17, 15) is 14.3 Å². The lowest BCUT2D eigenvalue weighted by Crippen LogP contribution is -2.32. The minimum absolute atomic E-state index is 0.253. The molecule has 1 atom stereocenters. The van der Waals surface area contributed by atoms with Crippen LogP contribution in [-0.2, 0) is 9.53 Å². The topological polar surface area (TPSA) is 46.5 Å². The molecule has 3 nitrogen and oxygen atoms in total. The first-order valence-electron chi connectivity index (χ1n) is 3.98. The smallest absolute Gasteiger partial charge is 0.335 e. The molecule has 1 aliphatic carbocycles. The molecule has 12 heavy (non-hydrogen) atoms. The summed E-state index contributed by atoms with van der Waals surface area (Å²) in [7, 11) is 1.22. The van der Waals surface area contributed by atoms with Gasteiger partial charge >= 0.3 is 5.97 Å². The Bertz CT molecular complexity index is 177. The monoisotopic (exact) mass is 176 g/mol. The van der Waals surface area contributed by atoms with E-state index in [1.54, 1.807) is 0 Å². The van der Waals surface area contributed by atoms with Gasteiger partial charge in [0.25, 0.3) is 0 Å². The molecular formula is C8H13FO3. The van der Waals surface area contributed by atoms with E-state index >= 15 is 0 Å². The van der Waals surface area contributed by atoms with E-state index in [0.717, 1.165) is 0 Å². The van der Waals surface area contributed by atoms with Gasteiger partial charge in [-0.2, -0.15) is 0 Å². The Balaban J connectivity index is 2.50. The standard InChI is InChI=1S/C8H13FO3/c1-12-7(11)6(10)8(2-3-8)4-5-9/h6,10H,2-5H2,1H3. The molecule has 0 saturated heterocycles. The lowest BCUT2D eigenvalue weighted by atomic mass is 9.96. The van der Waals surface area contributed by atoms with Crippen molar-refractivity contribution in [2.75, 3.05) is 13.8 Å². The first kappa shape index (κ1) is 9.45. The van der Waals surface area contributed by atoms with E-state index < -0.39 is 24.2 Å². The van der Waals surface area contributed by atoms with Crippen molar-refractivity contribution in [3.8, 4) is 0 Å². The molecule has 0 bridgehead atoms. The molecule has 1 N–H and O–H groups in total. The maximum Gasteiger partial charge on any atom is 0.335 e. The zero-order valence-corrected chi connectivity index (χ0v) is 7.05. The lowest BCUT2D eigenvalue weighted by molar-refractivity contribution is -0.154. The van der Waals surface area contributed by atoms with Gasteiger partial charge in [0.2, 0.25) is 0 Å². The number of halogens is 1. The normalized spacial score (nSPS) is 21.6.